The van der Waals surface area contributed by atoms with Gasteiger partial charge in [0.15, 0.2) is 29.9 Å². The molecule has 3 aliphatic heterocycles. The van der Waals surface area contributed by atoms with Gasteiger partial charge in [0.2, 0.25) is 0 Å². The van der Waals surface area contributed by atoms with Crippen LogP contribution in [-0.2, 0) is 25.5 Å². The van der Waals surface area contributed by atoms with E-state index in [1.807, 2.05) is 0 Å². The Kier molecular flexibility index (Phi) is 8.05. The highest BCUT2D eigenvalue weighted by Crippen LogP contribution is 2.32. The lowest BCUT2D eigenvalue weighted by Crippen LogP contribution is -2.57. The van der Waals surface area contributed by atoms with E-state index in [1.54, 1.807) is 18.9 Å². The van der Waals surface area contributed by atoms with Gasteiger partial charge in [-0.05, 0) is 38.5 Å². The third kappa shape index (κ3) is 5.40. The van der Waals surface area contributed by atoms with Crippen molar-refractivity contribution in [2.45, 2.75) is 69.7 Å². The van der Waals surface area contributed by atoms with Crippen LogP contribution in [0.2, 0.25) is 0 Å². The van der Waals surface area contributed by atoms with Gasteiger partial charge in [-0.2, -0.15) is 0 Å². The SMILES string of the molecule is CCNC(=O)[C@H]1O[C@@H](n2cnc3c(N)nc(CCCC4CCN(C(=O)OC5CN(C)C5=O)CC4)nc32)[C@@H](O)C1O. The van der Waals surface area contributed by atoms with Crippen molar-refractivity contribution in [3.8, 4) is 0 Å². The summed E-state index contributed by atoms with van der Waals surface area (Å²) in [5.41, 5.74) is 6.84. The predicted molar refractivity (Wildman–Crippen MR) is 139 cm³/mol. The fourth-order valence-corrected chi connectivity index (χ4v) is 5.45. The lowest BCUT2D eigenvalue weighted by atomic mass is 9.91. The van der Waals surface area contributed by atoms with Gasteiger partial charge in [0, 0.05) is 33.1 Å². The summed E-state index contributed by atoms with van der Waals surface area (Å²) in [4.78, 5) is 52.7. The number of likely N-dealkylation sites (tertiary alicyclic amines) is 2. The molecule has 0 radical (unpaired) electrons. The number of likely N-dealkylation sites (N-methyl/N-ethyl adjacent to an activating group) is 2. The van der Waals surface area contributed by atoms with E-state index >= 15 is 0 Å². The van der Waals surface area contributed by atoms with E-state index in [4.69, 9.17) is 15.2 Å². The van der Waals surface area contributed by atoms with Crippen LogP contribution < -0.4 is 11.1 Å². The molecule has 0 aliphatic carbocycles. The van der Waals surface area contributed by atoms with Crippen LogP contribution in [0, 0.1) is 5.92 Å². The molecule has 15 nitrogen and oxygen atoms in total. The summed E-state index contributed by atoms with van der Waals surface area (Å²) in [5, 5.41) is 23.6. The number of aliphatic hydroxyl groups excluding tert-OH is 2. The Morgan fingerprint density at radius 1 is 1.23 bits per heavy atom. The molecule has 3 saturated heterocycles. The summed E-state index contributed by atoms with van der Waals surface area (Å²) in [6, 6.07) is 0. The van der Waals surface area contributed by atoms with E-state index < -0.39 is 42.6 Å². The van der Waals surface area contributed by atoms with Gasteiger partial charge in [-0.15, -0.1) is 0 Å². The van der Waals surface area contributed by atoms with E-state index in [9.17, 15) is 24.6 Å². The summed E-state index contributed by atoms with van der Waals surface area (Å²) in [5.74, 6) is 0.452. The molecule has 2 aromatic heterocycles. The molecule has 3 aliphatic rings. The monoisotopic (exact) mass is 560 g/mol. The van der Waals surface area contributed by atoms with Gasteiger partial charge in [-0.25, -0.2) is 19.7 Å². The van der Waals surface area contributed by atoms with Gasteiger partial charge in [-0.1, -0.05) is 0 Å². The molecule has 5 N–H and O–H groups in total. The van der Waals surface area contributed by atoms with Crippen molar-refractivity contribution in [1.29, 1.82) is 0 Å². The molecule has 2 unspecified atom stereocenters. The standard InChI is InChI=1S/C25H36N8O7/c1-3-27-22(36)19-17(34)18(35)24(40-19)33-12-28-16-20(26)29-15(30-21(16)33)6-4-5-13-7-9-32(10-8-13)25(38)39-14-11-31(2)23(14)37/h12-14,17-19,24,34-35H,3-11H2,1-2H3,(H,27,36)(H2,26,29,30)/t14?,17?,18-,19-,24+/m0/s1. The van der Waals surface area contributed by atoms with Crippen LogP contribution in [0.15, 0.2) is 6.33 Å². The number of β-lactam (4-membered cyclic amide) rings is 1. The third-order valence-corrected chi connectivity index (χ3v) is 7.84. The molecule has 0 spiro atoms. The summed E-state index contributed by atoms with van der Waals surface area (Å²) in [6.07, 6.45) is -0.817. The van der Waals surface area contributed by atoms with Crippen molar-refractivity contribution in [3.05, 3.63) is 12.2 Å². The van der Waals surface area contributed by atoms with Gasteiger partial charge in [0.25, 0.3) is 11.8 Å². The van der Waals surface area contributed by atoms with Crippen molar-refractivity contribution in [2.75, 3.05) is 39.0 Å². The second-order valence-corrected chi connectivity index (χ2v) is 10.6. The van der Waals surface area contributed by atoms with E-state index in [2.05, 4.69) is 20.3 Å². The summed E-state index contributed by atoms with van der Waals surface area (Å²) >= 11 is 0. The van der Waals surface area contributed by atoms with Gasteiger partial charge in [0.05, 0.1) is 12.9 Å². The van der Waals surface area contributed by atoms with E-state index in [-0.39, 0.29) is 11.7 Å². The Bertz CT molecular complexity index is 1260. The highest BCUT2D eigenvalue weighted by molar-refractivity contribution is 5.88. The summed E-state index contributed by atoms with van der Waals surface area (Å²) < 4.78 is 12.5. The summed E-state index contributed by atoms with van der Waals surface area (Å²) in [7, 11) is 1.68. The topological polar surface area (TPSA) is 198 Å². The average molecular weight is 561 g/mol. The molecule has 2 aromatic rings. The molecule has 40 heavy (non-hydrogen) atoms. The maximum absolute atomic E-state index is 12.4. The maximum atomic E-state index is 12.4. The lowest BCUT2D eigenvalue weighted by Gasteiger charge is -2.37. The third-order valence-electron chi connectivity index (χ3n) is 7.84. The Hall–Kier alpha value is -3.56. The number of rotatable bonds is 8. The minimum atomic E-state index is -1.41. The smallest absolute Gasteiger partial charge is 0.410 e. The zero-order valence-corrected chi connectivity index (χ0v) is 22.6. The van der Waals surface area contributed by atoms with Crippen LogP contribution in [0.4, 0.5) is 10.6 Å². The fourth-order valence-electron chi connectivity index (χ4n) is 5.45. The fraction of sp³-hybridized carbons (Fsp3) is 0.680. The minimum Gasteiger partial charge on any atom is -0.434 e. The molecule has 0 bridgehead atoms. The molecule has 5 rings (SSSR count). The first-order chi connectivity index (χ1) is 19.2. The zero-order valence-electron chi connectivity index (χ0n) is 22.6. The predicted octanol–water partition coefficient (Wildman–Crippen LogP) is -0.824. The van der Waals surface area contributed by atoms with Crippen molar-refractivity contribution in [1.82, 2.24) is 34.6 Å². The number of anilines is 1. The van der Waals surface area contributed by atoms with Gasteiger partial charge >= 0.3 is 6.09 Å². The molecule has 5 heterocycles. The first kappa shape index (κ1) is 28.0. The number of carbonyl (C=O) groups is 3. The number of imidazole rings is 1. The Labute approximate surface area is 230 Å². The van der Waals surface area contributed by atoms with Crippen molar-refractivity contribution in [3.63, 3.8) is 0 Å². The van der Waals surface area contributed by atoms with Gasteiger partial charge in [-0.3, -0.25) is 14.2 Å². The average Bonchev–Trinajstić information content (AvgIpc) is 3.49. The number of aliphatic hydroxyl groups is 2. The van der Waals surface area contributed by atoms with Crippen LogP contribution >= 0.6 is 0 Å². The number of ether oxygens (including phenoxy) is 2. The number of carbonyl (C=O) groups excluding carboxylic acids is 3. The molecular formula is C25H36N8O7. The normalized spacial score (nSPS) is 27.2. The number of hydrogen-bond donors (Lipinski definition) is 4. The molecule has 15 heteroatoms. The molecule has 3 amide bonds. The maximum Gasteiger partial charge on any atom is 0.410 e. The number of nitrogens with two attached hydrogens (primary N) is 1. The number of hydrogen-bond acceptors (Lipinski definition) is 11. The number of aromatic nitrogens is 4. The van der Waals surface area contributed by atoms with Crippen LogP contribution in [0.5, 0.6) is 0 Å². The molecular weight excluding hydrogens is 524 g/mol. The molecule has 218 valence electrons. The van der Waals surface area contributed by atoms with E-state index in [0.717, 1.165) is 25.7 Å². The van der Waals surface area contributed by atoms with Gasteiger partial charge < -0.3 is 40.5 Å². The van der Waals surface area contributed by atoms with E-state index in [1.165, 1.54) is 15.8 Å². The van der Waals surface area contributed by atoms with E-state index in [0.29, 0.717) is 55.5 Å². The molecule has 5 atom stereocenters. The van der Waals surface area contributed by atoms with Gasteiger partial charge in [0.1, 0.15) is 23.5 Å². The van der Waals surface area contributed by atoms with Crippen molar-refractivity contribution < 1.29 is 34.1 Å². The second-order valence-electron chi connectivity index (χ2n) is 10.6. The Morgan fingerprint density at radius 3 is 2.65 bits per heavy atom. The number of aryl methyl sites for hydroxylation is 1. The van der Waals surface area contributed by atoms with Crippen molar-refractivity contribution >= 4 is 34.9 Å². The zero-order chi connectivity index (χ0) is 28.6. The number of nitrogens with one attached hydrogen (secondary N) is 1. The first-order valence-corrected chi connectivity index (χ1v) is 13.7. The molecule has 0 aromatic carbocycles. The first-order valence-electron chi connectivity index (χ1n) is 13.7. The van der Waals surface area contributed by atoms with Crippen LogP contribution in [0.25, 0.3) is 11.2 Å². The number of amides is 3. The van der Waals surface area contributed by atoms with Crippen LogP contribution in [0.3, 0.4) is 0 Å². The minimum absolute atomic E-state index is 0.166. The second kappa shape index (κ2) is 11.5. The largest absolute Gasteiger partial charge is 0.434 e. The number of nitrogens with zero attached hydrogens (tertiary/aromatic N) is 6. The highest BCUT2D eigenvalue weighted by atomic mass is 16.6. The number of fused-ring (bicyclic) bond motifs is 1. The summed E-state index contributed by atoms with van der Waals surface area (Å²) in [6.45, 7) is 3.71. The lowest BCUT2D eigenvalue weighted by molar-refractivity contribution is -0.154. The molecule has 0 saturated carbocycles. The van der Waals surface area contributed by atoms with Crippen LogP contribution in [0.1, 0.15) is 44.7 Å². The quantitative estimate of drug-likeness (QED) is 0.294. The van der Waals surface area contributed by atoms with Crippen molar-refractivity contribution in [2.24, 2.45) is 5.92 Å². The Morgan fingerprint density at radius 2 is 1.98 bits per heavy atom. The number of piperidine rings is 1. The highest BCUT2D eigenvalue weighted by Gasteiger charge is 2.47. The number of nitrogen functional groups attached to an aromatic ring is 1. The Balaban J connectivity index is 1.15. The van der Waals surface area contributed by atoms with Crippen LogP contribution in [-0.4, -0.2) is 115 Å². The molecule has 3 fully saturated rings.